The van der Waals surface area contributed by atoms with E-state index < -0.39 is 0 Å². The molecule has 0 bridgehead atoms. The summed E-state index contributed by atoms with van der Waals surface area (Å²) in [6.45, 7) is 0. The second-order valence-corrected chi connectivity index (χ2v) is 6.44. The fourth-order valence-electron chi connectivity index (χ4n) is 2.56. The number of halogens is 3. The summed E-state index contributed by atoms with van der Waals surface area (Å²) in [5.41, 5.74) is 2.40. The van der Waals surface area contributed by atoms with Crippen LogP contribution in [0.15, 0.2) is 28.2 Å². The first-order valence-electron chi connectivity index (χ1n) is 6.42. The van der Waals surface area contributed by atoms with Gasteiger partial charge in [-0.05, 0) is 36.5 Å². The van der Waals surface area contributed by atoms with E-state index in [1.54, 1.807) is 0 Å². The predicted octanol–water partition coefficient (Wildman–Crippen LogP) is 6.31. The zero-order valence-electron chi connectivity index (χ0n) is 10.3. The summed E-state index contributed by atoms with van der Waals surface area (Å²) in [7, 11) is 0. The van der Waals surface area contributed by atoms with E-state index in [9.17, 15) is 0 Å². The minimum Gasteiger partial charge on any atom is -0.122 e. The Kier molecular flexibility index (Phi) is 5.59. The Labute approximate surface area is 127 Å². The van der Waals surface area contributed by atoms with Gasteiger partial charge in [0.15, 0.2) is 0 Å². The molecule has 0 amide bonds. The second-order valence-electron chi connectivity index (χ2n) is 4.85. The molecule has 0 unspecified atom stereocenters. The lowest BCUT2D eigenvalue weighted by atomic mass is 9.84. The Bertz CT molecular complexity index is 434. The van der Waals surface area contributed by atoms with Gasteiger partial charge in [-0.25, -0.2) is 0 Å². The molecule has 0 spiro atoms. The molecule has 1 saturated carbocycles. The highest BCUT2D eigenvalue weighted by Crippen LogP contribution is 2.33. The Balaban J connectivity index is 2.22. The number of hydrogen-bond acceptors (Lipinski definition) is 0. The third kappa shape index (κ3) is 3.76. The van der Waals surface area contributed by atoms with E-state index in [1.165, 1.54) is 37.7 Å². The van der Waals surface area contributed by atoms with Gasteiger partial charge in [0, 0.05) is 15.4 Å². The topological polar surface area (TPSA) is 0 Å². The van der Waals surface area contributed by atoms with Crippen LogP contribution in [0, 0.1) is 5.92 Å². The SMILES string of the molecule is ClC/C(=C/c1ccc(Br)cc1Cl)C1CCCCC1. The smallest absolute Gasteiger partial charge is 0.0489 e. The molecule has 18 heavy (non-hydrogen) atoms. The van der Waals surface area contributed by atoms with E-state index in [2.05, 4.69) is 22.0 Å². The van der Waals surface area contributed by atoms with Gasteiger partial charge in [0.1, 0.15) is 0 Å². The molecular formula is C15H17BrCl2. The summed E-state index contributed by atoms with van der Waals surface area (Å²) < 4.78 is 1.01. The molecule has 2 rings (SSSR count). The van der Waals surface area contributed by atoms with Crippen LogP contribution < -0.4 is 0 Å². The standard InChI is InChI=1S/C15H17BrCl2/c16-14-7-6-12(15(18)9-14)8-13(10-17)11-4-2-1-3-5-11/h6-9,11H,1-5,10H2/b13-8-. The molecule has 0 aromatic heterocycles. The Morgan fingerprint density at radius 2 is 2.00 bits per heavy atom. The van der Waals surface area contributed by atoms with Gasteiger partial charge < -0.3 is 0 Å². The van der Waals surface area contributed by atoms with Crippen molar-refractivity contribution in [2.75, 3.05) is 5.88 Å². The molecule has 0 N–H and O–H groups in total. The van der Waals surface area contributed by atoms with Gasteiger partial charge in [0.25, 0.3) is 0 Å². The molecule has 1 aromatic rings. The summed E-state index contributed by atoms with van der Waals surface area (Å²) in [4.78, 5) is 0. The van der Waals surface area contributed by atoms with Gasteiger partial charge in [0.2, 0.25) is 0 Å². The van der Waals surface area contributed by atoms with Gasteiger partial charge in [-0.3, -0.25) is 0 Å². The van der Waals surface area contributed by atoms with Crippen LogP contribution >= 0.6 is 39.1 Å². The van der Waals surface area contributed by atoms with Gasteiger partial charge >= 0.3 is 0 Å². The van der Waals surface area contributed by atoms with Crippen LogP contribution in [0.2, 0.25) is 5.02 Å². The molecule has 0 atom stereocenters. The molecule has 0 radical (unpaired) electrons. The highest BCUT2D eigenvalue weighted by Gasteiger charge is 2.17. The molecule has 1 aromatic carbocycles. The number of benzene rings is 1. The highest BCUT2D eigenvalue weighted by molar-refractivity contribution is 9.10. The summed E-state index contributed by atoms with van der Waals surface area (Å²) in [6, 6.07) is 5.99. The maximum absolute atomic E-state index is 6.25. The van der Waals surface area contributed by atoms with Gasteiger partial charge in [-0.2, -0.15) is 0 Å². The lowest BCUT2D eigenvalue weighted by Gasteiger charge is -2.23. The maximum Gasteiger partial charge on any atom is 0.0489 e. The molecule has 0 heterocycles. The summed E-state index contributed by atoms with van der Waals surface area (Å²) in [6.07, 6.45) is 8.74. The van der Waals surface area contributed by atoms with Crippen LogP contribution in [0.25, 0.3) is 6.08 Å². The largest absolute Gasteiger partial charge is 0.122 e. The number of hydrogen-bond donors (Lipinski definition) is 0. The third-order valence-corrected chi connectivity index (χ3v) is 4.72. The van der Waals surface area contributed by atoms with Crippen molar-refractivity contribution in [2.45, 2.75) is 32.1 Å². The van der Waals surface area contributed by atoms with Crippen molar-refractivity contribution in [3.63, 3.8) is 0 Å². The first-order valence-corrected chi connectivity index (χ1v) is 8.12. The van der Waals surface area contributed by atoms with Crippen LogP contribution in [-0.2, 0) is 0 Å². The zero-order chi connectivity index (χ0) is 13.0. The first-order chi connectivity index (χ1) is 8.70. The summed E-state index contributed by atoms with van der Waals surface area (Å²) in [5.74, 6) is 1.26. The first kappa shape index (κ1) is 14.4. The average molecular weight is 348 g/mol. The average Bonchev–Trinajstić information content (AvgIpc) is 2.39. The second kappa shape index (κ2) is 6.98. The van der Waals surface area contributed by atoms with Crippen LogP contribution in [0.1, 0.15) is 37.7 Å². The quantitative estimate of drug-likeness (QED) is 0.562. The molecule has 1 fully saturated rings. The monoisotopic (exact) mass is 346 g/mol. The van der Waals surface area contributed by atoms with Crippen LogP contribution in [0.5, 0.6) is 0 Å². The van der Waals surface area contributed by atoms with Gasteiger partial charge in [-0.1, -0.05) is 64.5 Å². The molecule has 0 aliphatic heterocycles. The van der Waals surface area contributed by atoms with E-state index >= 15 is 0 Å². The maximum atomic E-state index is 6.25. The van der Waals surface area contributed by atoms with Crippen LogP contribution in [-0.4, -0.2) is 5.88 Å². The molecule has 0 saturated heterocycles. The Hall–Kier alpha value is 0.0200. The lowest BCUT2D eigenvalue weighted by Crippen LogP contribution is -2.10. The van der Waals surface area contributed by atoms with E-state index in [-0.39, 0.29) is 0 Å². The lowest BCUT2D eigenvalue weighted by molar-refractivity contribution is 0.405. The molecule has 0 nitrogen and oxygen atoms in total. The van der Waals surface area contributed by atoms with Crippen molar-refractivity contribution in [3.05, 3.63) is 38.8 Å². The van der Waals surface area contributed by atoms with Crippen molar-refractivity contribution < 1.29 is 0 Å². The number of allylic oxidation sites excluding steroid dienone is 1. The Morgan fingerprint density at radius 3 is 2.61 bits per heavy atom. The van der Waals surface area contributed by atoms with E-state index in [1.807, 2.05) is 18.2 Å². The van der Waals surface area contributed by atoms with Crippen LogP contribution in [0.4, 0.5) is 0 Å². The summed E-state index contributed by atoms with van der Waals surface area (Å²) in [5, 5.41) is 0.780. The molecule has 1 aliphatic rings. The number of rotatable bonds is 3. The highest BCUT2D eigenvalue weighted by atomic mass is 79.9. The minimum absolute atomic E-state index is 0.608. The minimum atomic E-state index is 0.608. The predicted molar refractivity (Wildman–Crippen MR) is 84.4 cm³/mol. The van der Waals surface area contributed by atoms with E-state index in [4.69, 9.17) is 23.2 Å². The normalized spacial score (nSPS) is 18.1. The van der Waals surface area contributed by atoms with Gasteiger partial charge in [0.05, 0.1) is 0 Å². The van der Waals surface area contributed by atoms with Gasteiger partial charge in [-0.15, -0.1) is 11.6 Å². The fraction of sp³-hybridized carbons (Fsp3) is 0.467. The van der Waals surface area contributed by atoms with Crippen molar-refractivity contribution in [1.82, 2.24) is 0 Å². The van der Waals surface area contributed by atoms with Crippen molar-refractivity contribution in [1.29, 1.82) is 0 Å². The van der Waals surface area contributed by atoms with E-state index in [0.717, 1.165) is 15.1 Å². The van der Waals surface area contributed by atoms with Crippen LogP contribution in [0.3, 0.4) is 0 Å². The van der Waals surface area contributed by atoms with Crippen molar-refractivity contribution in [3.8, 4) is 0 Å². The molecule has 1 aliphatic carbocycles. The number of alkyl halides is 1. The molecule has 3 heteroatoms. The zero-order valence-corrected chi connectivity index (χ0v) is 13.4. The van der Waals surface area contributed by atoms with Crippen molar-refractivity contribution in [2.24, 2.45) is 5.92 Å². The van der Waals surface area contributed by atoms with E-state index in [0.29, 0.717) is 11.8 Å². The fourth-order valence-corrected chi connectivity index (χ4v) is 3.58. The van der Waals surface area contributed by atoms with Crippen molar-refractivity contribution >= 4 is 45.2 Å². The molecule has 98 valence electrons. The summed E-state index contributed by atoms with van der Waals surface area (Å²) >= 11 is 15.8. The third-order valence-electron chi connectivity index (χ3n) is 3.59. The molecular weight excluding hydrogens is 331 g/mol. The Morgan fingerprint density at radius 1 is 1.28 bits per heavy atom.